The summed E-state index contributed by atoms with van der Waals surface area (Å²) in [6, 6.07) is 6.48. The number of hydrogen-bond acceptors (Lipinski definition) is 1. The van der Waals surface area contributed by atoms with Crippen LogP contribution in [0.5, 0.6) is 5.75 Å². The minimum absolute atomic E-state index is 0.566. The minimum atomic E-state index is 0.566. The molecule has 1 aromatic carbocycles. The third-order valence-corrected chi connectivity index (χ3v) is 3.91. The summed E-state index contributed by atoms with van der Waals surface area (Å²) in [7, 11) is 0. The van der Waals surface area contributed by atoms with Crippen molar-refractivity contribution in [1.82, 2.24) is 0 Å². The van der Waals surface area contributed by atoms with Gasteiger partial charge < -0.3 is 4.74 Å². The highest BCUT2D eigenvalue weighted by molar-refractivity contribution is 5.35. The summed E-state index contributed by atoms with van der Waals surface area (Å²) in [6.45, 7) is 15.9. The molecule has 1 nitrogen and oxygen atoms in total. The molecule has 0 heterocycles. The van der Waals surface area contributed by atoms with Crippen LogP contribution in [0.3, 0.4) is 0 Å². The van der Waals surface area contributed by atoms with E-state index in [0.717, 1.165) is 25.2 Å². The zero-order chi connectivity index (χ0) is 15.8. The van der Waals surface area contributed by atoms with Gasteiger partial charge in [-0.1, -0.05) is 45.9 Å². The first-order valence-corrected chi connectivity index (χ1v) is 8.30. The predicted octanol–water partition coefficient (Wildman–Crippen LogP) is 5.95. The predicted molar refractivity (Wildman–Crippen MR) is 93.0 cm³/mol. The molecule has 21 heavy (non-hydrogen) atoms. The Morgan fingerprint density at radius 2 is 1.86 bits per heavy atom. The van der Waals surface area contributed by atoms with Crippen molar-refractivity contribution >= 4 is 0 Å². The Hall–Kier alpha value is -1.24. The van der Waals surface area contributed by atoms with Crippen molar-refractivity contribution in [2.75, 3.05) is 6.61 Å². The number of unbranched alkanes of at least 4 members (excludes halogenated alkanes) is 1. The molecule has 0 amide bonds. The quantitative estimate of drug-likeness (QED) is 0.402. The summed E-state index contributed by atoms with van der Waals surface area (Å²) < 4.78 is 5.82. The third kappa shape index (κ3) is 6.84. The second-order valence-corrected chi connectivity index (χ2v) is 6.81. The van der Waals surface area contributed by atoms with Crippen molar-refractivity contribution in [3.8, 4) is 5.75 Å². The van der Waals surface area contributed by atoms with E-state index in [-0.39, 0.29) is 0 Å². The van der Waals surface area contributed by atoms with E-state index in [1.807, 2.05) is 0 Å². The van der Waals surface area contributed by atoms with Crippen LogP contribution in [0, 0.1) is 18.8 Å². The number of benzene rings is 1. The Morgan fingerprint density at radius 3 is 2.48 bits per heavy atom. The van der Waals surface area contributed by atoms with E-state index in [4.69, 9.17) is 4.74 Å². The summed E-state index contributed by atoms with van der Waals surface area (Å²) in [4.78, 5) is 0. The van der Waals surface area contributed by atoms with Gasteiger partial charge in [-0.3, -0.25) is 0 Å². The first kappa shape index (κ1) is 17.8. The van der Waals surface area contributed by atoms with E-state index < -0.39 is 0 Å². The normalized spacial score (nSPS) is 11.2. The molecule has 0 radical (unpaired) electrons. The molecule has 0 aliphatic carbocycles. The summed E-state index contributed by atoms with van der Waals surface area (Å²) >= 11 is 0. The molecule has 0 aliphatic rings. The molecule has 0 unspecified atom stereocenters. The Labute approximate surface area is 131 Å². The lowest BCUT2D eigenvalue weighted by molar-refractivity contribution is 0.271. The Kier molecular flexibility index (Phi) is 7.56. The van der Waals surface area contributed by atoms with Crippen LogP contribution in [0.25, 0.3) is 0 Å². The molecule has 0 atom stereocenters. The van der Waals surface area contributed by atoms with Crippen LogP contribution in [0.1, 0.15) is 58.1 Å². The maximum atomic E-state index is 5.82. The molecule has 1 heteroatoms. The van der Waals surface area contributed by atoms with E-state index in [2.05, 4.69) is 59.4 Å². The number of allylic oxidation sites excluding steroid dienone is 1. The first-order chi connectivity index (χ1) is 9.90. The fraction of sp³-hybridized carbons (Fsp3) is 0.600. The van der Waals surface area contributed by atoms with Gasteiger partial charge in [0, 0.05) is 0 Å². The lowest BCUT2D eigenvalue weighted by Gasteiger charge is -2.13. The molecular weight excluding hydrogens is 256 g/mol. The molecule has 0 spiro atoms. The standard InChI is InChI=1S/C20H32O/c1-15(2)14-21-20-12-11-18(6)19(13-20)10-8-7-9-17(5)16(3)4/h11-13,15-16H,5,7-10,14H2,1-4,6H3. The van der Waals surface area contributed by atoms with Crippen LogP contribution >= 0.6 is 0 Å². The molecule has 1 rings (SSSR count). The molecule has 0 saturated carbocycles. The molecular formula is C20H32O. The largest absolute Gasteiger partial charge is 0.493 e. The Morgan fingerprint density at radius 1 is 1.14 bits per heavy atom. The van der Waals surface area contributed by atoms with Crippen LogP contribution in [-0.4, -0.2) is 6.61 Å². The summed E-state index contributed by atoms with van der Waals surface area (Å²) in [5.74, 6) is 2.19. The molecule has 0 fully saturated rings. The fourth-order valence-corrected chi connectivity index (χ4v) is 2.23. The highest BCUT2D eigenvalue weighted by Gasteiger charge is 2.04. The average Bonchev–Trinajstić information content (AvgIpc) is 2.43. The van der Waals surface area contributed by atoms with Crippen molar-refractivity contribution in [1.29, 1.82) is 0 Å². The van der Waals surface area contributed by atoms with Crippen LogP contribution < -0.4 is 4.74 Å². The molecule has 0 saturated heterocycles. The molecule has 0 bridgehead atoms. The number of aryl methyl sites for hydroxylation is 2. The molecule has 0 aliphatic heterocycles. The zero-order valence-electron chi connectivity index (χ0n) is 14.5. The topological polar surface area (TPSA) is 9.23 Å². The van der Waals surface area contributed by atoms with Crippen molar-refractivity contribution in [2.24, 2.45) is 11.8 Å². The first-order valence-electron chi connectivity index (χ1n) is 8.30. The van der Waals surface area contributed by atoms with Gasteiger partial charge in [-0.15, -0.1) is 0 Å². The maximum absolute atomic E-state index is 5.82. The van der Waals surface area contributed by atoms with E-state index in [1.54, 1.807) is 0 Å². The van der Waals surface area contributed by atoms with Crippen molar-refractivity contribution < 1.29 is 4.74 Å². The second-order valence-electron chi connectivity index (χ2n) is 6.81. The lowest BCUT2D eigenvalue weighted by atomic mass is 9.97. The summed E-state index contributed by atoms with van der Waals surface area (Å²) in [5.41, 5.74) is 4.17. The van der Waals surface area contributed by atoms with Crippen molar-refractivity contribution in [3.05, 3.63) is 41.5 Å². The lowest BCUT2D eigenvalue weighted by Crippen LogP contribution is -2.05. The van der Waals surface area contributed by atoms with Crippen molar-refractivity contribution in [3.63, 3.8) is 0 Å². The number of rotatable bonds is 9. The van der Waals surface area contributed by atoms with Gasteiger partial charge in [0.25, 0.3) is 0 Å². The van der Waals surface area contributed by atoms with E-state index in [0.29, 0.717) is 11.8 Å². The van der Waals surface area contributed by atoms with Crippen LogP contribution in [0.2, 0.25) is 0 Å². The number of hydrogen-bond donors (Lipinski definition) is 0. The summed E-state index contributed by atoms with van der Waals surface area (Å²) in [6.07, 6.45) is 4.74. The van der Waals surface area contributed by atoms with E-state index in [9.17, 15) is 0 Å². The monoisotopic (exact) mass is 288 g/mol. The van der Waals surface area contributed by atoms with Gasteiger partial charge in [-0.2, -0.15) is 0 Å². The van der Waals surface area contributed by atoms with Gasteiger partial charge >= 0.3 is 0 Å². The fourth-order valence-electron chi connectivity index (χ4n) is 2.23. The van der Waals surface area contributed by atoms with Crippen LogP contribution in [0.15, 0.2) is 30.4 Å². The van der Waals surface area contributed by atoms with Gasteiger partial charge in [0.15, 0.2) is 0 Å². The van der Waals surface area contributed by atoms with Crippen LogP contribution in [0.4, 0.5) is 0 Å². The van der Waals surface area contributed by atoms with Gasteiger partial charge in [0.1, 0.15) is 5.75 Å². The molecule has 0 N–H and O–H groups in total. The van der Waals surface area contributed by atoms with Gasteiger partial charge in [0.05, 0.1) is 6.61 Å². The van der Waals surface area contributed by atoms with Crippen molar-refractivity contribution in [2.45, 2.75) is 60.3 Å². The van der Waals surface area contributed by atoms with E-state index >= 15 is 0 Å². The molecule has 1 aromatic rings. The Balaban J connectivity index is 2.46. The van der Waals surface area contributed by atoms with Gasteiger partial charge in [-0.25, -0.2) is 0 Å². The van der Waals surface area contributed by atoms with Crippen LogP contribution in [-0.2, 0) is 6.42 Å². The molecule has 0 aromatic heterocycles. The smallest absolute Gasteiger partial charge is 0.119 e. The zero-order valence-corrected chi connectivity index (χ0v) is 14.5. The highest BCUT2D eigenvalue weighted by atomic mass is 16.5. The molecule has 118 valence electrons. The van der Waals surface area contributed by atoms with E-state index in [1.165, 1.54) is 29.5 Å². The Bertz CT molecular complexity index is 443. The minimum Gasteiger partial charge on any atom is -0.493 e. The second kappa shape index (κ2) is 8.92. The van der Waals surface area contributed by atoms with Gasteiger partial charge in [-0.05, 0) is 67.7 Å². The van der Waals surface area contributed by atoms with Gasteiger partial charge in [0.2, 0.25) is 0 Å². The third-order valence-electron chi connectivity index (χ3n) is 3.91. The highest BCUT2D eigenvalue weighted by Crippen LogP contribution is 2.21. The average molecular weight is 288 g/mol. The summed E-state index contributed by atoms with van der Waals surface area (Å²) in [5, 5.41) is 0. The maximum Gasteiger partial charge on any atom is 0.119 e. The SMILES string of the molecule is C=C(CCCCc1cc(OCC(C)C)ccc1C)C(C)C. The number of ether oxygens (including phenoxy) is 1.